The van der Waals surface area contributed by atoms with Crippen molar-refractivity contribution in [3.8, 4) is 17.1 Å². The Morgan fingerprint density at radius 3 is 2.28 bits per heavy atom. The van der Waals surface area contributed by atoms with E-state index in [1.807, 2.05) is 60.7 Å². The van der Waals surface area contributed by atoms with E-state index in [2.05, 4.69) is 10.2 Å². The summed E-state index contributed by atoms with van der Waals surface area (Å²) in [7, 11) is 0. The van der Waals surface area contributed by atoms with Crippen LogP contribution in [0.15, 0.2) is 94.7 Å². The minimum absolute atomic E-state index is 0.218. The standard InChI is InChI=1S/C30H24FN5O3/c1-3-39-29(37)23-18(2)32-27-25(24(23)19-10-6-4-7-11-19)28-34-33-26(20-14-16-21(31)17-15-20)36(28)30(38)35(27)22-12-8-5-9-13-22/h4-17,23-24H,3H2,1-2H3. The molecule has 2 unspecified atom stereocenters. The molecule has 0 fully saturated rings. The number of ether oxygens (including phenoxy) is 1. The molecule has 0 saturated heterocycles. The number of hydrogen-bond donors (Lipinski definition) is 0. The largest absolute Gasteiger partial charge is 0.465 e. The van der Waals surface area contributed by atoms with Gasteiger partial charge in [0.1, 0.15) is 17.6 Å². The first-order chi connectivity index (χ1) is 19.0. The van der Waals surface area contributed by atoms with E-state index in [9.17, 15) is 14.0 Å². The molecular formula is C30H24FN5O3. The van der Waals surface area contributed by atoms with Crippen molar-refractivity contribution in [1.82, 2.24) is 19.2 Å². The minimum Gasteiger partial charge on any atom is -0.465 e. The summed E-state index contributed by atoms with van der Waals surface area (Å²) >= 11 is 0. The van der Waals surface area contributed by atoms with E-state index < -0.39 is 29.3 Å². The van der Waals surface area contributed by atoms with E-state index >= 15 is 0 Å². The summed E-state index contributed by atoms with van der Waals surface area (Å²) in [6.07, 6.45) is 0. The second-order valence-corrected chi connectivity index (χ2v) is 9.25. The van der Waals surface area contributed by atoms with E-state index in [1.54, 1.807) is 26.0 Å². The number of carbonyl (C=O) groups is 1. The van der Waals surface area contributed by atoms with Gasteiger partial charge in [-0.3, -0.25) is 4.79 Å². The maximum absolute atomic E-state index is 14.2. The van der Waals surface area contributed by atoms with Gasteiger partial charge in [-0.15, -0.1) is 10.2 Å². The third-order valence-corrected chi connectivity index (χ3v) is 6.93. The van der Waals surface area contributed by atoms with E-state index in [0.29, 0.717) is 28.3 Å². The van der Waals surface area contributed by atoms with Gasteiger partial charge in [0, 0.05) is 22.8 Å². The normalized spacial score (nSPS) is 16.5. The summed E-state index contributed by atoms with van der Waals surface area (Å²) in [5.41, 5.74) is 2.91. The SMILES string of the molecule is CCOC(=O)C1C(C)=Nc2c(c3nnc(-c4ccc(F)cc4)n3c(=O)n2-c2ccccc2)C1c1ccccc1. The topological polar surface area (TPSA) is 90.8 Å². The number of halogens is 1. The summed E-state index contributed by atoms with van der Waals surface area (Å²) < 4.78 is 22.1. The smallest absolute Gasteiger partial charge is 0.341 e. The second-order valence-electron chi connectivity index (χ2n) is 9.25. The molecular weight excluding hydrogens is 497 g/mol. The zero-order valence-corrected chi connectivity index (χ0v) is 21.3. The molecule has 2 aromatic heterocycles. The van der Waals surface area contributed by atoms with Crippen molar-refractivity contribution in [3.63, 3.8) is 0 Å². The molecule has 0 amide bonds. The molecule has 1 aliphatic heterocycles. The summed E-state index contributed by atoms with van der Waals surface area (Å²) in [5.74, 6) is -1.47. The van der Waals surface area contributed by atoms with Gasteiger partial charge in [0.25, 0.3) is 0 Å². The molecule has 3 heterocycles. The number of nitrogens with zero attached hydrogens (tertiary/aromatic N) is 5. The van der Waals surface area contributed by atoms with Gasteiger partial charge in [-0.2, -0.15) is 0 Å². The predicted octanol–water partition coefficient (Wildman–Crippen LogP) is 5.10. The first kappa shape index (κ1) is 24.4. The van der Waals surface area contributed by atoms with Crippen molar-refractivity contribution in [2.45, 2.75) is 19.8 Å². The molecule has 9 heteroatoms. The molecule has 194 valence electrons. The van der Waals surface area contributed by atoms with Gasteiger partial charge in [0.15, 0.2) is 11.5 Å². The average molecular weight is 522 g/mol. The van der Waals surface area contributed by atoms with E-state index in [4.69, 9.17) is 9.73 Å². The van der Waals surface area contributed by atoms with E-state index in [1.165, 1.54) is 21.1 Å². The lowest BCUT2D eigenvalue weighted by molar-refractivity contribution is -0.146. The van der Waals surface area contributed by atoms with Crippen molar-refractivity contribution in [1.29, 1.82) is 0 Å². The van der Waals surface area contributed by atoms with Crippen molar-refractivity contribution in [3.05, 3.63) is 112 Å². The Hall–Kier alpha value is -4.92. The number of benzene rings is 3. The number of aromatic nitrogens is 4. The summed E-state index contributed by atoms with van der Waals surface area (Å²) in [4.78, 5) is 32.4. The third-order valence-electron chi connectivity index (χ3n) is 6.93. The number of rotatable bonds is 5. The highest BCUT2D eigenvalue weighted by molar-refractivity contribution is 6.05. The van der Waals surface area contributed by atoms with Crippen LogP contribution in [0.5, 0.6) is 0 Å². The van der Waals surface area contributed by atoms with E-state index in [-0.39, 0.29) is 18.1 Å². The lowest BCUT2D eigenvalue weighted by Gasteiger charge is -2.32. The third kappa shape index (κ3) is 4.03. The molecule has 0 spiro atoms. The Morgan fingerprint density at radius 1 is 0.949 bits per heavy atom. The van der Waals surface area contributed by atoms with Gasteiger partial charge in [0.05, 0.1) is 12.3 Å². The van der Waals surface area contributed by atoms with Crippen LogP contribution in [0.3, 0.4) is 0 Å². The molecule has 0 aliphatic carbocycles. The Balaban J connectivity index is 1.76. The highest BCUT2D eigenvalue weighted by Gasteiger charge is 2.42. The molecule has 6 rings (SSSR count). The van der Waals surface area contributed by atoms with Gasteiger partial charge >= 0.3 is 11.7 Å². The molecule has 0 saturated carbocycles. The predicted molar refractivity (Wildman–Crippen MR) is 145 cm³/mol. The maximum atomic E-state index is 14.2. The van der Waals surface area contributed by atoms with Gasteiger partial charge in [-0.1, -0.05) is 48.5 Å². The number of carbonyl (C=O) groups excluding carboxylic acids is 1. The highest BCUT2D eigenvalue weighted by Crippen LogP contribution is 2.45. The van der Waals surface area contributed by atoms with Crippen molar-refractivity contribution >= 4 is 23.1 Å². The Labute approximate surface area is 223 Å². The summed E-state index contributed by atoms with van der Waals surface area (Å²) in [5, 5.41) is 8.82. The quantitative estimate of drug-likeness (QED) is 0.300. The number of fused-ring (bicyclic) bond motifs is 3. The van der Waals surface area contributed by atoms with Crippen LogP contribution in [-0.4, -0.2) is 37.5 Å². The van der Waals surface area contributed by atoms with Crippen molar-refractivity contribution in [2.75, 3.05) is 6.61 Å². The molecule has 39 heavy (non-hydrogen) atoms. The number of para-hydroxylation sites is 1. The minimum atomic E-state index is -0.739. The fourth-order valence-corrected chi connectivity index (χ4v) is 5.24. The van der Waals surface area contributed by atoms with Gasteiger partial charge in [-0.25, -0.2) is 23.1 Å². The number of aliphatic imine (C=N–C) groups is 1. The number of hydrogen-bond acceptors (Lipinski definition) is 6. The first-order valence-corrected chi connectivity index (χ1v) is 12.6. The zero-order chi connectivity index (χ0) is 27.1. The molecule has 2 atom stereocenters. The van der Waals surface area contributed by atoms with Crippen LogP contribution in [0.4, 0.5) is 10.2 Å². The van der Waals surface area contributed by atoms with Crippen LogP contribution in [-0.2, 0) is 9.53 Å². The molecule has 0 radical (unpaired) electrons. The van der Waals surface area contributed by atoms with Crippen LogP contribution >= 0.6 is 0 Å². The van der Waals surface area contributed by atoms with E-state index in [0.717, 1.165) is 5.56 Å². The maximum Gasteiger partial charge on any atom is 0.341 e. The Bertz CT molecular complexity index is 1780. The van der Waals surface area contributed by atoms with Crippen LogP contribution in [0.2, 0.25) is 0 Å². The first-order valence-electron chi connectivity index (χ1n) is 12.6. The molecule has 1 aliphatic rings. The van der Waals surface area contributed by atoms with Gasteiger partial charge < -0.3 is 4.74 Å². The van der Waals surface area contributed by atoms with Crippen LogP contribution in [0.25, 0.3) is 22.7 Å². The molecule has 3 aromatic carbocycles. The van der Waals surface area contributed by atoms with Gasteiger partial charge in [-0.05, 0) is 55.8 Å². The zero-order valence-electron chi connectivity index (χ0n) is 21.3. The molecule has 0 N–H and O–H groups in total. The summed E-state index contributed by atoms with van der Waals surface area (Å²) in [6.45, 7) is 3.76. The fourth-order valence-electron chi connectivity index (χ4n) is 5.24. The van der Waals surface area contributed by atoms with Crippen LogP contribution < -0.4 is 5.69 Å². The second kappa shape index (κ2) is 9.75. The lowest BCUT2D eigenvalue weighted by atomic mass is 9.77. The molecule has 0 bridgehead atoms. The molecule has 5 aromatic rings. The van der Waals surface area contributed by atoms with Crippen molar-refractivity contribution < 1.29 is 13.9 Å². The fraction of sp³-hybridized carbons (Fsp3) is 0.167. The van der Waals surface area contributed by atoms with Crippen molar-refractivity contribution in [2.24, 2.45) is 10.9 Å². The lowest BCUT2D eigenvalue weighted by Crippen LogP contribution is -2.37. The Kier molecular flexibility index (Phi) is 6.11. The monoisotopic (exact) mass is 521 g/mol. The van der Waals surface area contributed by atoms with Crippen LogP contribution in [0, 0.1) is 11.7 Å². The van der Waals surface area contributed by atoms with Crippen LogP contribution in [0.1, 0.15) is 30.9 Å². The molecule has 8 nitrogen and oxygen atoms in total. The summed E-state index contributed by atoms with van der Waals surface area (Å²) in [6, 6.07) is 24.4. The Morgan fingerprint density at radius 2 is 1.62 bits per heavy atom. The highest BCUT2D eigenvalue weighted by atomic mass is 19.1. The average Bonchev–Trinajstić information content (AvgIpc) is 3.39. The number of esters is 1. The van der Waals surface area contributed by atoms with Gasteiger partial charge in [0.2, 0.25) is 0 Å².